The smallest absolute Gasteiger partial charge is 0.355 e. The van der Waals surface area contributed by atoms with Gasteiger partial charge in [0.1, 0.15) is 5.01 Å². The first kappa shape index (κ1) is 14.8. The van der Waals surface area contributed by atoms with Crippen LogP contribution in [-0.2, 0) is 6.54 Å². The molecular formula is C13H19N3O3S. The van der Waals surface area contributed by atoms with Crippen LogP contribution in [0.5, 0.6) is 0 Å². The number of rotatable bonds is 5. The Kier molecular flexibility index (Phi) is 4.94. The van der Waals surface area contributed by atoms with Crippen molar-refractivity contribution in [2.45, 2.75) is 45.2 Å². The number of aromatic nitrogens is 1. The highest BCUT2D eigenvalue weighted by Gasteiger charge is 2.22. The van der Waals surface area contributed by atoms with Gasteiger partial charge >= 0.3 is 12.0 Å². The van der Waals surface area contributed by atoms with Gasteiger partial charge < -0.3 is 15.7 Å². The van der Waals surface area contributed by atoms with E-state index < -0.39 is 5.97 Å². The fraction of sp³-hybridized carbons (Fsp3) is 0.615. The second-order valence-corrected chi connectivity index (χ2v) is 6.03. The topological polar surface area (TPSA) is 91.3 Å². The van der Waals surface area contributed by atoms with E-state index >= 15 is 0 Å². The largest absolute Gasteiger partial charge is 0.476 e. The highest BCUT2D eigenvalue weighted by Crippen LogP contribution is 2.27. The predicted octanol–water partition coefficient (Wildman–Crippen LogP) is 2.22. The lowest BCUT2D eigenvalue weighted by atomic mass is 10.0. The Labute approximate surface area is 121 Å². The molecule has 3 N–H and O–H groups in total. The molecule has 1 atom stereocenters. The molecule has 7 heteroatoms. The summed E-state index contributed by atoms with van der Waals surface area (Å²) in [6.45, 7) is 2.28. The number of carbonyl (C=O) groups excluding carboxylic acids is 1. The number of urea groups is 1. The van der Waals surface area contributed by atoms with Crippen LogP contribution in [0.3, 0.4) is 0 Å². The highest BCUT2D eigenvalue weighted by molar-refractivity contribution is 7.09. The van der Waals surface area contributed by atoms with Gasteiger partial charge in [0.15, 0.2) is 5.69 Å². The summed E-state index contributed by atoms with van der Waals surface area (Å²) in [6, 6.07) is -0.0557. The van der Waals surface area contributed by atoms with E-state index in [1.807, 2.05) is 6.92 Å². The van der Waals surface area contributed by atoms with Crippen molar-refractivity contribution in [2.24, 2.45) is 5.92 Å². The molecule has 1 aromatic heterocycles. The molecule has 0 spiro atoms. The summed E-state index contributed by atoms with van der Waals surface area (Å²) in [5, 5.41) is 16.5. The van der Waals surface area contributed by atoms with E-state index in [1.54, 1.807) is 0 Å². The van der Waals surface area contributed by atoms with Crippen LogP contribution in [0.1, 0.15) is 48.1 Å². The van der Waals surface area contributed by atoms with Gasteiger partial charge in [-0.2, -0.15) is 0 Å². The summed E-state index contributed by atoms with van der Waals surface area (Å²) >= 11 is 1.23. The molecule has 0 radical (unpaired) electrons. The fourth-order valence-corrected chi connectivity index (χ4v) is 3.19. The SMILES string of the molecule is CC(NC(=O)NCc1nc(C(=O)O)cs1)C1CCCC1. The zero-order valence-electron chi connectivity index (χ0n) is 11.4. The van der Waals surface area contributed by atoms with Gasteiger partial charge in [-0.15, -0.1) is 11.3 Å². The van der Waals surface area contributed by atoms with Crippen LogP contribution in [0.15, 0.2) is 5.38 Å². The summed E-state index contributed by atoms with van der Waals surface area (Å²) < 4.78 is 0. The zero-order valence-corrected chi connectivity index (χ0v) is 12.2. The zero-order chi connectivity index (χ0) is 14.5. The van der Waals surface area contributed by atoms with Crippen molar-refractivity contribution in [2.75, 3.05) is 0 Å². The molecule has 2 amide bonds. The van der Waals surface area contributed by atoms with E-state index in [4.69, 9.17) is 5.11 Å². The van der Waals surface area contributed by atoms with Crippen molar-refractivity contribution in [1.82, 2.24) is 15.6 Å². The molecule has 1 aliphatic rings. The Balaban J connectivity index is 1.75. The Morgan fingerprint density at radius 2 is 2.20 bits per heavy atom. The molecule has 0 bridgehead atoms. The van der Waals surface area contributed by atoms with Crippen LogP contribution < -0.4 is 10.6 Å². The average Bonchev–Trinajstić information content (AvgIpc) is 3.07. The number of aromatic carboxylic acids is 1. The number of carboxylic acids is 1. The van der Waals surface area contributed by atoms with Crippen LogP contribution in [0.4, 0.5) is 4.79 Å². The molecule has 1 heterocycles. The standard InChI is InChI=1S/C13H19N3O3S/c1-8(9-4-2-3-5-9)15-13(19)14-6-11-16-10(7-20-11)12(17)18/h7-9H,2-6H2,1H3,(H,17,18)(H2,14,15,19). The molecule has 1 fully saturated rings. The number of nitrogens with one attached hydrogen (secondary N) is 2. The van der Waals surface area contributed by atoms with Crippen LogP contribution in [0.2, 0.25) is 0 Å². The fourth-order valence-electron chi connectivity index (χ4n) is 2.48. The molecule has 1 saturated carbocycles. The van der Waals surface area contributed by atoms with Crippen LogP contribution >= 0.6 is 11.3 Å². The second-order valence-electron chi connectivity index (χ2n) is 5.09. The number of amides is 2. The molecule has 6 nitrogen and oxygen atoms in total. The Morgan fingerprint density at radius 1 is 1.50 bits per heavy atom. The third-order valence-corrected chi connectivity index (χ3v) is 4.49. The lowest BCUT2D eigenvalue weighted by Gasteiger charge is -2.20. The Hall–Kier alpha value is -1.63. The molecule has 110 valence electrons. The maximum atomic E-state index is 11.8. The number of carbonyl (C=O) groups is 2. The molecule has 0 aromatic carbocycles. The molecule has 0 aliphatic heterocycles. The average molecular weight is 297 g/mol. The molecule has 1 aromatic rings. The van der Waals surface area contributed by atoms with Gasteiger partial charge in [-0.25, -0.2) is 14.6 Å². The van der Waals surface area contributed by atoms with Gasteiger partial charge in [0, 0.05) is 11.4 Å². The molecule has 2 rings (SSSR count). The van der Waals surface area contributed by atoms with E-state index in [0.29, 0.717) is 10.9 Å². The van der Waals surface area contributed by atoms with Gasteiger partial charge in [-0.3, -0.25) is 0 Å². The van der Waals surface area contributed by atoms with Crippen LogP contribution in [0, 0.1) is 5.92 Å². The summed E-state index contributed by atoms with van der Waals surface area (Å²) in [4.78, 5) is 26.4. The Morgan fingerprint density at radius 3 is 2.80 bits per heavy atom. The minimum Gasteiger partial charge on any atom is -0.476 e. The number of hydrogen-bond acceptors (Lipinski definition) is 4. The van der Waals surface area contributed by atoms with Gasteiger partial charge in [0.25, 0.3) is 0 Å². The van der Waals surface area contributed by atoms with Crippen molar-refractivity contribution in [3.63, 3.8) is 0 Å². The third kappa shape index (κ3) is 3.93. The lowest BCUT2D eigenvalue weighted by molar-refractivity contribution is 0.0691. The van der Waals surface area contributed by atoms with Crippen molar-refractivity contribution in [1.29, 1.82) is 0 Å². The van der Waals surface area contributed by atoms with Gasteiger partial charge in [-0.1, -0.05) is 12.8 Å². The monoisotopic (exact) mass is 297 g/mol. The summed E-state index contributed by atoms with van der Waals surface area (Å²) in [6.07, 6.45) is 4.84. The van der Waals surface area contributed by atoms with E-state index in [2.05, 4.69) is 15.6 Å². The maximum absolute atomic E-state index is 11.8. The van der Waals surface area contributed by atoms with E-state index in [9.17, 15) is 9.59 Å². The highest BCUT2D eigenvalue weighted by atomic mass is 32.1. The molecule has 1 aliphatic carbocycles. The number of nitrogens with zero attached hydrogens (tertiary/aromatic N) is 1. The van der Waals surface area contributed by atoms with Gasteiger partial charge in [0.05, 0.1) is 6.54 Å². The minimum atomic E-state index is -1.05. The summed E-state index contributed by atoms with van der Waals surface area (Å²) in [7, 11) is 0. The number of hydrogen-bond donors (Lipinski definition) is 3. The van der Waals surface area contributed by atoms with Crippen molar-refractivity contribution < 1.29 is 14.7 Å². The van der Waals surface area contributed by atoms with Crippen LogP contribution in [0.25, 0.3) is 0 Å². The first-order valence-electron chi connectivity index (χ1n) is 6.78. The normalized spacial score (nSPS) is 16.9. The second kappa shape index (κ2) is 6.69. The summed E-state index contributed by atoms with van der Waals surface area (Å²) in [5.74, 6) is -0.481. The van der Waals surface area contributed by atoms with Crippen molar-refractivity contribution in [3.05, 3.63) is 16.1 Å². The number of carboxylic acid groups (broad SMARTS) is 1. The first-order valence-corrected chi connectivity index (χ1v) is 7.66. The van der Waals surface area contributed by atoms with Crippen molar-refractivity contribution >= 4 is 23.3 Å². The quantitative estimate of drug-likeness (QED) is 0.777. The van der Waals surface area contributed by atoms with Gasteiger partial charge in [0.2, 0.25) is 0 Å². The molecule has 1 unspecified atom stereocenters. The predicted molar refractivity (Wildman–Crippen MR) is 75.9 cm³/mol. The lowest BCUT2D eigenvalue weighted by Crippen LogP contribution is -2.43. The van der Waals surface area contributed by atoms with E-state index in [1.165, 1.54) is 42.4 Å². The van der Waals surface area contributed by atoms with Crippen molar-refractivity contribution in [3.8, 4) is 0 Å². The third-order valence-electron chi connectivity index (χ3n) is 3.64. The minimum absolute atomic E-state index is 0.0199. The first-order chi connectivity index (χ1) is 9.56. The molecule has 0 saturated heterocycles. The summed E-state index contributed by atoms with van der Waals surface area (Å²) in [5.41, 5.74) is 0.0199. The Bertz CT molecular complexity index is 483. The maximum Gasteiger partial charge on any atom is 0.355 e. The molecular weight excluding hydrogens is 278 g/mol. The molecule has 20 heavy (non-hydrogen) atoms. The van der Waals surface area contributed by atoms with E-state index in [0.717, 1.165) is 0 Å². The number of thiazole rings is 1. The van der Waals surface area contributed by atoms with Gasteiger partial charge in [-0.05, 0) is 25.7 Å². The van der Waals surface area contributed by atoms with Crippen LogP contribution in [-0.4, -0.2) is 28.1 Å². The van der Waals surface area contributed by atoms with E-state index in [-0.39, 0.29) is 24.3 Å².